The van der Waals surface area contributed by atoms with Crippen LogP contribution in [0.1, 0.15) is 73.7 Å². The summed E-state index contributed by atoms with van der Waals surface area (Å²) in [5, 5.41) is 2.95. The number of hydrogen-bond donors (Lipinski definition) is 1. The second kappa shape index (κ2) is 11.1. The highest BCUT2D eigenvalue weighted by Gasteiger charge is 2.33. The Morgan fingerprint density at radius 1 is 0.914 bits per heavy atom. The lowest BCUT2D eigenvalue weighted by Gasteiger charge is -2.35. The largest absolute Gasteiger partial charge is 0.497 e. The third-order valence-corrected chi connectivity index (χ3v) is 6.78. The number of benzene rings is 2. The van der Waals surface area contributed by atoms with Crippen LogP contribution in [-0.2, 0) is 10.2 Å². The Kier molecular flexibility index (Phi) is 8.36. The number of amides is 2. The third kappa shape index (κ3) is 6.50. The quantitative estimate of drug-likeness (QED) is 0.576. The molecular formula is C29H38N2O4. The van der Waals surface area contributed by atoms with Gasteiger partial charge in [0, 0.05) is 30.1 Å². The lowest BCUT2D eigenvalue weighted by atomic mass is 9.86. The number of nitrogens with zero attached hydrogens (tertiary/aromatic N) is 1. The number of rotatable bonds is 7. The second-order valence-corrected chi connectivity index (χ2v) is 10.7. The SMILES string of the molecule is COc1ccc(C(=O)C2CCN(C(=O)C(NC(=O)c3ccc(C(C)(C)C)cc3)C(C)C)CC2)cc1. The van der Waals surface area contributed by atoms with Crippen LogP contribution in [0.25, 0.3) is 0 Å². The van der Waals surface area contributed by atoms with E-state index in [1.807, 2.05) is 38.1 Å². The van der Waals surface area contributed by atoms with Gasteiger partial charge >= 0.3 is 0 Å². The topological polar surface area (TPSA) is 75.7 Å². The zero-order valence-electron chi connectivity index (χ0n) is 21.8. The molecule has 6 nitrogen and oxygen atoms in total. The number of methoxy groups -OCH3 is 1. The van der Waals surface area contributed by atoms with Crippen LogP contribution < -0.4 is 10.1 Å². The summed E-state index contributed by atoms with van der Waals surface area (Å²) in [7, 11) is 1.60. The highest BCUT2D eigenvalue weighted by molar-refractivity contribution is 5.99. The monoisotopic (exact) mass is 478 g/mol. The second-order valence-electron chi connectivity index (χ2n) is 10.7. The Labute approximate surface area is 209 Å². The first-order valence-electron chi connectivity index (χ1n) is 12.4. The molecule has 35 heavy (non-hydrogen) atoms. The predicted molar refractivity (Wildman–Crippen MR) is 138 cm³/mol. The molecule has 0 aliphatic carbocycles. The Morgan fingerprint density at radius 2 is 1.46 bits per heavy atom. The van der Waals surface area contributed by atoms with Crippen molar-refractivity contribution >= 4 is 17.6 Å². The van der Waals surface area contributed by atoms with Gasteiger partial charge < -0.3 is 15.0 Å². The van der Waals surface area contributed by atoms with Gasteiger partial charge in [-0.1, -0.05) is 46.8 Å². The molecule has 0 saturated carbocycles. The van der Waals surface area contributed by atoms with Crippen molar-refractivity contribution in [1.29, 1.82) is 0 Å². The number of hydrogen-bond acceptors (Lipinski definition) is 4. The summed E-state index contributed by atoms with van der Waals surface area (Å²) >= 11 is 0. The van der Waals surface area contributed by atoms with Gasteiger partial charge in [0.15, 0.2) is 5.78 Å². The smallest absolute Gasteiger partial charge is 0.251 e. The van der Waals surface area contributed by atoms with E-state index >= 15 is 0 Å². The molecule has 2 aromatic carbocycles. The fourth-order valence-electron chi connectivity index (χ4n) is 4.41. The van der Waals surface area contributed by atoms with E-state index < -0.39 is 6.04 Å². The fourth-order valence-corrected chi connectivity index (χ4v) is 4.41. The Morgan fingerprint density at radius 3 is 1.94 bits per heavy atom. The van der Waals surface area contributed by atoms with Gasteiger partial charge in [0.25, 0.3) is 5.91 Å². The van der Waals surface area contributed by atoms with Crippen LogP contribution in [0.2, 0.25) is 0 Å². The molecule has 0 radical (unpaired) electrons. The number of carbonyl (C=O) groups excluding carboxylic acids is 3. The molecule has 1 N–H and O–H groups in total. The van der Waals surface area contributed by atoms with Crippen LogP contribution in [0.5, 0.6) is 5.75 Å². The minimum atomic E-state index is -0.612. The van der Waals surface area contributed by atoms with Crippen LogP contribution in [-0.4, -0.2) is 48.7 Å². The molecule has 0 aromatic heterocycles. The molecule has 188 valence electrons. The summed E-state index contributed by atoms with van der Waals surface area (Å²) in [5.74, 6) is 0.318. The number of nitrogens with one attached hydrogen (secondary N) is 1. The van der Waals surface area contributed by atoms with Crippen molar-refractivity contribution in [3.05, 3.63) is 65.2 Å². The standard InChI is InChI=1S/C29H38N2O4/c1-19(2)25(30-27(33)22-7-11-23(12-8-22)29(3,4)5)28(34)31-17-15-21(16-18-31)26(32)20-9-13-24(35-6)14-10-20/h7-14,19,21,25H,15-18H2,1-6H3,(H,30,33). The first-order chi connectivity index (χ1) is 16.5. The lowest BCUT2D eigenvalue weighted by molar-refractivity contribution is -0.135. The van der Waals surface area contributed by atoms with E-state index in [1.165, 1.54) is 0 Å². The molecule has 3 rings (SSSR count). The lowest BCUT2D eigenvalue weighted by Crippen LogP contribution is -2.53. The molecule has 0 spiro atoms. The molecule has 1 aliphatic heterocycles. The average Bonchev–Trinajstić information content (AvgIpc) is 2.85. The van der Waals surface area contributed by atoms with Crippen molar-refractivity contribution in [2.75, 3.05) is 20.2 Å². The van der Waals surface area contributed by atoms with Crippen molar-refractivity contribution in [2.24, 2.45) is 11.8 Å². The van der Waals surface area contributed by atoms with Crippen LogP contribution in [0.15, 0.2) is 48.5 Å². The van der Waals surface area contributed by atoms with E-state index in [2.05, 4.69) is 26.1 Å². The van der Waals surface area contributed by atoms with Crippen LogP contribution in [0.3, 0.4) is 0 Å². The highest BCUT2D eigenvalue weighted by atomic mass is 16.5. The summed E-state index contributed by atoms with van der Waals surface area (Å²) in [6, 6.07) is 14.1. The number of ketones is 1. The molecule has 1 saturated heterocycles. The minimum absolute atomic E-state index is 0.00627. The van der Waals surface area contributed by atoms with Crippen LogP contribution in [0.4, 0.5) is 0 Å². The molecule has 1 atom stereocenters. The fraction of sp³-hybridized carbons (Fsp3) is 0.483. The summed E-state index contributed by atoms with van der Waals surface area (Å²) in [4.78, 5) is 40.9. The van der Waals surface area contributed by atoms with Crippen molar-refractivity contribution in [3.63, 3.8) is 0 Å². The number of piperidine rings is 1. The maximum Gasteiger partial charge on any atom is 0.251 e. The Hall–Kier alpha value is -3.15. The van der Waals surface area contributed by atoms with Gasteiger partial charge in [-0.15, -0.1) is 0 Å². The molecule has 2 amide bonds. The van der Waals surface area contributed by atoms with Gasteiger partial charge in [0.05, 0.1) is 7.11 Å². The van der Waals surface area contributed by atoms with Crippen LogP contribution >= 0.6 is 0 Å². The van der Waals surface area contributed by atoms with E-state index in [0.29, 0.717) is 42.8 Å². The van der Waals surface area contributed by atoms with Gasteiger partial charge in [-0.3, -0.25) is 14.4 Å². The third-order valence-electron chi connectivity index (χ3n) is 6.78. The van der Waals surface area contributed by atoms with Crippen molar-refractivity contribution in [3.8, 4) is 5.75 Å². The van der Waals surface area contributed by atoms with Gasteiger partial charge in [-0.25, -0.2) is 0 Å². The van der Waals surface area contributed by atoms with Gasteiger partial charge in [0.2, 0.25) is 5.91 Å². The molecule has 1 aliphatic rings. The number of likely N-dealkylation sites (tertiary alicyclic amines) is 1. The van der Waals surface area contributed by atoms with Gasteiger partial charge in [0.1, 0.15) is 11.8 Å². The molecule has 0 bridgehead atoms. The van der Waals surface area contributed by atoms with Crippen LogP contribution in [0, 0.1) is 11.8 Å². The normalized spacial score (nSPS) is 15.6. The van der Waals surface area contributed by atoms with E-state index in [4.69, 9.17) is 4.74 Å². The minimum Gasteiger partial charge on any atom is -0.497 e. The van der Waals surface area contributed by atoms with E-state index in [1.54, 1.807) is 36.3 Å². The van der Waals surface area contributed by atoms with Gasteiger partial charge in [-0.2, -0.15) is 0 Å². The van der Waals surface area contributed by atoms with E-state index in [-0.39, 0.29) is 34.8 Å². The number of ether oxygens (including phenoxy) is 1. The van der Waals surface area contributed by atoms with Crippen molar-refractivity contribution in [1.82, 2.24) is 10.2 Å². The average molecular weight is 479 g/mol. The van der Waals surface area contributed by atoms with E-state index in [0.717, 1.165) is 5.56 Å². The molecular weight excluding hydrogens is 440 g/mol. The summed E-state index contributed by atoms with van der Waals surface area (Å²) in [6.07, 6.45) is 1.23. The van der Waals surface area contributed by atoms with Crippen molar-refractivity contribution < 1.29 is 19.1 Å². The summed E-state index contributed by atoms with van der Waals surface area (Å²) in [6.45, 7) is 11.3. The zero-order chi connectivity index (χ0) is 25.8. The summed E-state index contributed by atoms with van der Waals surface area (Å²) in [5.41, 5.74) is 2.37. The summed E-state index contributed by atoms with van der Waals surface area (Å²) < 4.78 is 5.17. The van der Waals surface area contributed by atoms with Crippen molar-refractivity contribution in [2.45, 2.75) is 58.9 Å². The zero-order valence-corrected chi connectivity index (χ0v) is 21.8. The highest BCUT2D eigenvalue weighted by Crippen LogP contribution is 2.25. The predicted octanol–water partition coefficient (Wildman–Crippen LogP) is 4.87. The molecule has 2 aromatic rings. The first kappa shape index (κ1) is 26.5. The van der Waals surface area contributed by atoms with E-state index in [9.17, 15) is 14.4 Å². The van der Waals surface area contributed by atoms with Gasteiger partial charge in [-0.05, 0) is 66.1 Å². The Bertz CT molecular complexity index is 1030. The maximum absolute atomic E-state index is 13.3. The molecule has 1 unspecified atom stereocenters. The molecule has 1 fully saturated rings. The maximum atomic E-state index is 13.3. The number of Topliss-reactive ketones (excluding diaryl/α,β-unsaturated/α-hetero) is 1. The number of carbonyl (C=O) groups is 3. The molecule has 1 heterocycles. The molecule has 6 heteroatoms. The Balaban J connectivity index is 1.60. The first-order valence-corrected chi connectivity index (χ1v) is 12.4.